The van der Waals surface area contributed by atoms with Crippen molar-refractivity contribution >= 4 is 23.3 Å². The third kappa shape index (κ3) is 4.12. The van der Waals surface area contributed by atoms with E-state index in [-0.39, 0.29) is 30.4 Å². The molecule has 0 radical (unpaired) electrons. The Morgan fingerprint density at radius 3 is 2.75 bits per heavy atom. The summed E-state index contributed by atoms with van der Waals surface area (Å²) in [6.45, 7) is 6.48. The highest BCUT2D eigenvalue weighted by Gasteiger charge is 2.40. The summed E-state index contributed by atoms with van der Waals surface area (Å²) in [5.74, 6) is -0.0449. The summed E-state index contributed by atoms with van der Waals surface area (Å²) in [4.78, 5) is 32.8. The zero-order valence-corrected chi connectivity index (χ0v) is 16.2. The molecule has 7 nitrogen and oxygen atoms in total. The number of rotatable bonds is 5. The van der Waals surface area contributed by atoms with Crippen molar-refractivity contribution in [3.05, 3.63) is 53.9 Å². The van der Waals surface area contributed by atoms with E-state index < -0.39 is 0 Å². The van der Waals surface area contributed by atoms with Crippen molar-refractivity contribution < 1.29 is 9.59 Å². The van der Waals surface area contributed by atoms with Gasteiger partial charge in [-0.2, -0.15) is 5.26 Å². The van der Waals surface area contributed by atoms with Crippen LogP contribution in [-0.2, 0) is 4.79 Å². The number of amides is 3. The van der Waals surface area contributed by atoms with Gasteiger partial charge < -0.3 is 10.2 Å². The monoisotopic (exact) mass is 377 g/mol. The Kier molecular flexibility index (Phi) is 5.59. The van der Waals surface area contributed by atoms with Crippen molar-refractivity contribution in [1.29, 1.82) is 5.26 Å². The zero-order chi connectivity index (χ0) is 20.3. The average molecular weight is 377 g/mol. The van der Waals surface area contributed by atoms with Crippen LogP contribution in [-0.4, -0.2) is 41.0 Å². The lowest BCUT2D eigenvalue weighted by atomic mass is 10.0. The van der Waals surface area contributed by atoms with Gasteiger partial charge >= 0.3 is 6.03 Å². The fourth-order valence-electron chi connectivity index (χ4n) is 3.32. The standard InChI is InChI=1S/C21H23N5O2/c1-14(2)19-12-25(18-8-7-17(10-22)23-11-18)21(28)26(19)13-20(27)24-16-6-4-5-15(3)9-16/h4-9,11,14,19H,12-13H2,1-3H3,(H,24,27)/t19-/m1/s1. The first-order valence-corrected chi connectivity index (χ1v) is 9.20. The summed E-state index contributed by atoms with van der Waals surface area (Å²) in [5, 5.41) is 11.8. The normalized spacial score (nSPS) is 16.4. The van der Waals surface area contributed by atoms with Gasteiger partial charge in [0.05, 0.1) is 17.9 Å². The molecule has 1 atom stereocenters. The molecule has 1 saturated heterocycles. The van der Waals surface area contributed by atoms with Crippen molar-refractivity contribution in [1.82, 2.24) is 9.88 Å². The molecule has 2 heterocycles. The van der Waals surface area contributed by atoms with E-state index in [1.54, 1.807) is 21.9 Å². The highest BCUT2D eigenvalue weighted by atomic mass is 16.2. The van der Waals surface area contributed by atoms with Crippen LogP contribution < -0.4 is 10.2 Å². The Hall–Kier alpha value is -3.40. The highest BCUT2D eigenvalue weighted by molar-refractivity contribution is 5.99. The molecule has 1 aliphatic rings. The van der Waals surface area contributed by atoms with Gasteiger partial charge in [0.2, 0.25) is 5.91 Å². The molecule has 0 spiro atoms. The third-order valence-corrected chi connectivity index (χ3v) is 4.81. The lowest BCUT2D eigenvalue weighted by Gasteiger charge is -2.25. The number of carbonyl (C=O) groups excluding carboxylic acids is 2. The molecule has 1 aromatic carbocycles. The zero-order valence-electron chi connectivity index (χ0n) is 16.2. The van der Waals surface area contributed by atoms with Crippen LogP contribution in [0.15, 0.2) is 42.6 Å². The predicted octanol–water partition coefficient (Wildman–Crippen LogP) is 3.17. The van der Waals surface area contributed by atoms with Crippen LogP contribution in [0.1, 0.15) is 25.1 Å². The van der Waals surface area contributed by atoms with Crippen molar-refractivity contribution in [3.8, 4) is 6.07 Å². The summed E-state index contributed by atoms with van der Waals surface area (Å²) in [5.41, 5.74) is 2.68. The van der Waals surface area contributed by atoms with Crippen LogP contribution in [0.4, 0.5) is 16.2 Å². The molecule has 3 rings (SSSR count). The van der Waals surface area contributed by atoms with Crippen LogP contribution >= 0.6 is 0 Å². The number of aryl methyl sites for hydroxylation is 1. The predicted molar refractivity (Wildman–Crippen MR) is 107 cm³/mol. The Morgan fingerprint density at radius 2 is 2.14 bits per heavy atom. The maximum Gasteiger partial charge on any atom is 0.325 e. The fraction of sp³-hybridized carbons (Fsp3) is 0.333. The highest BCUT2D eigenvalue weighted by Crippen LogP contribution is 2.27. The van der Waals surface area contributed by atoms with Crippen LogP contribution in [0, 0.1) is 24.2 Å². The van der Waals surface area contributed by atoms with Crippen molar-refractivity contribution in [2.24, 2.45) is 5.92 Å². The second-order valence-electron chi connectivity index (χ2n) is 7.26. The number of hydrogen-bond donors (Lipinski definition) is 1. The molecule has 1 N–H and O–H groups in total. The van der Waals surface area contributed by atoms with Crippen molar-refractivity contribution in [2.45, 2.75) is 26.8 Å². The lowest BCUT2D eigenvalue weighted by molar-refractivity contribution is -0.117. The smallest absolute Gasteiger partial charge is 0.325 e. The molecule has 0 saturated carbocycles. The second-order valence-corrected chi connectivity index (χ2v) is 7.26. The van der Waals surface area contributed by atoms with Gasteiger partial charge in [0, 0.05) is 12.2 Å². The lowest BCUT2D eigenvalue weighted by Crippen LogP contribution is -2.42. The van der Waals surface area contributed by atoms with E-state index >= 15 is 0 Å². The quantitative estimate of drug-likeness (QED) is 0.867. The minimum absolute atomic E-state index is 0.0180. The van der Waals surface area contributed by atoms with E-state index in [0.717, 1.165) is 5.56 Å². The molecule has 1 aliphatic heterocycles. The van der Waals surface area contributed by atoms with E-state index in [4.69, 9.17) is 5.26 Å². The van der Waals surface area contributed by atoms with Crippen LogP contribution in [0.3, 0.4) is 0 Å². The topological polar surface area (TPSA) is 89.3 Å². The maximum absolute atomic E-state index is 13.0. The van der Waals surface area contributed by atoms with E-state index in [1.807, 2.05) is 51.1 Å². The number of hydrogen-bond acceptors (Lipinski definition) is 4. The Bertz CT molecular complexity index is 917. The van der Waals surface area contributed by atoms with Gasteiger partial charge in [-0.05, 0) is 42.7 Å². The molecule has 3 amide bonds. The fourth-order valence-corrected chi connectivity index (χ4v) is 3.32. The van der Waals surface area contributed by atoms with Gasteiger partial charge in [0.25, 0.3) is 0 Å². The summed E-state index contributed by atoms with van der Waals surface area (Å²) in [6.07, 6.45) is 1.52. The SMILES string of the molecule is Cc1cccc(NC(=O)CN2C(=O)N(c3ccc(C#N)nc3)C[C@@H]2C(C)C)c1. The number of nitrogens with one attached hydrogen (secondary N) is 1. The van der Waals surface area contributed by atoms with Crippen LogP contribution in [0.25, 0.3) is 0 Å². The summed E-state index contributed by atoms with van der Waals surface area (Å²) >= 11 is 0. The molecule has 1 fully saturated rings. The van der Waals surface area contributed by atoms with Crippen molar-refractivity contribution in [3.63, 3.8) is 0 Å². The number of nitrogens with zero attached hydrogens (tertiary/aromatic N) is 4. The largest absolute Gasteiger partial charge is 0.325 e. The van der Waals surface area contributed by atoms with Gasteiger partial charge in [-0.15, -0.1) is 0 Å². The van der Waals surface area contributed by atoms with Gasteiger partial charge in [-0.3, -0.25) is 9.69 Å². The molecule has 0 aliphatic carbocycles. The molecule has 144 valence electrons. The van der Waals surface area contributed by atoms with E-state index in [1.165, 1.54) is 6.20 Å². The molecule has 0 unspecified atom stereocenters. The van der Waals surface area contributed by atoms with Crippen LogP contribution in [0.2, 0.25) is 0 Å². The molecular weight excluding hydrogens is 354 g/mol. The Morgan fingerprint density at radius 1 is 1.36 bits per heavy atom. The number of carbonyl (C=O) groups is 2. The molecule has 1 aromatic heterocycles. The molecular formula is C21H23N5O2. The number of benzene rings is 1. The number of nitriles is 1. The van der Waals surface area contributed by atoms with E-state index in [0.29, 0.717) is 23.6 Å². The van der Waals surface area contributed by atoms with E-state index in [2.05, 4.69) is 10.3 Å². The first kappa shape index (κ1) is 19.4. The van der Waals surface area contributed by atoms with Gasteiger partial charge in [-0.25, -0.2) is 9.78 Å². The second kappa shape index (κ2) is 8.09. The number of anilines is 2. The van der Waals surface area contributed by atoms with E-state index in [9.17, 15) is 9.59 Å². The van der Waals surface area contributed by atoms with Gasteiger partial charge in [0.15, 0.2) is 0 Å². The summed E-state index contributed by atoms with van der Waals surface area (Å²) < 4.78 is 0. The summed E-state index contributed by atoms with van der Waals surface area (Å²) in [7, 11) is 0. The van der Waals surface area contributed by atoms with Gasteiger partial charge in [0.1, 0.15) is 18.3 Å². The first-order chi connectivity index (χ1) is 13.4. The Balaban J connectivity index is 1.75. The van der Waals surface area contributed by atoms with Crippen LogP contribution in [0.5, 0.6) is 0 Å². The molecule has 7 heteroatoms. The van der Waals surface area contributed by atoms with Gasteiger partial charge in [-0.1, -0.05) is 26.0 Å². The first-order valence-electron chi connectivity index (χ1n) is 9.20. The summed E-state index contributed by atoms with van der Waals surface area (Å²) in [6, 6.07) is 12.5. The molecule has 2 aromatic rings. The molecule has 0 bridgehead atoms. The number of urea groups is 1. The Labute approximate surface area is 164 Å². The number of pyridine rings is 1. The number of aromatic nitrogens is 1. The van der Waals surface area contributed by atoms with Crippen molar-refractivity contribution in [2.75, 3.05) is 23.3 Å². The maximum atomic E-state index is 13.0. The molecule has 28 heavy (non-hydrogen) atoms. The average Bonchev–Trinajstić information content (AvgIpc) is 2.98. The minimum atomic E-state index is -0.232. The third-order valence-electron chi connectivity index (χ3n) is 4.81. The minimum Gasteiger partial charge on any atom is -0.325 e.